The van der Waals surface area contributed by atoms with Gasteiger partial charge in [0.2, 0.25) is 5.91 Å². The molecule has 1 aromatic carbocycles. The third-order valence-corrected chi connectivity index (χ3v) is 3.38. The van der Waals surface area contributed by atoms with Gasteiger partial charge in [0.1, 0.15) is 6.04 Å². The third-order valence-electron chi connectivity index (χ3n) is 2.93. The molecule has 1 atom stereocenters. The van der Waals surface area contributed by atoms with Crippen LogP contribution in [0.2, 0.25) is 0 Å². The van der Waals surface area contributed by atoms with Crippen molar-refractivity contribution in [2.75, 3.05) is 18.8 Å². The zero-order valence-electron chi connectivity index (χ0n) is 9.94. The highest BCUT2D eigenvalue weighted by molar-refractivity contribution is 9.10. The summed E-state index contributed by atoms with van der Waals surface area (Å²) in [5.74, 6) is -0.303. The average molecular weight is 312 g/mol. The van der Waals surface area contributed by atoms with Crippen molar-refractivity contribution in [2.24, 2.45) is 0 Å². The molecule has 0 aromatic heterocycles. The molecule has 1 unspecified atom stereocenters. The second-order valence-electron chi connectivity index (χ2n) is 4.24. The summed E-state index contributed by atoms with van der Waals surface area (Å²) >= 11 is 3.30. The predicted molar refractivity (Wildman–Crippen MR) is 72.1 cm³/mol. The molecule has 18 heavy (non-hydrogen) atoms. The highest BCUT2D eigenvalue weighted by Gasteiger charge is 2.29. The van der Waals surface area contributed by atoms with Crippen LogP contribution in [0.1, 0.15) is 17.3 Å². The Morgan fingerprint density at radius 2 is 2.22 bits per heavy atom. The van der Waals surface area contributed by atoms with E-state index in [9.17, 15) is 9.59 Å². The van der Waals surface area contributed by atoms with Crippen LogP contribution in [0.4, 0.5) is 5.69 Å². The summed E-state index contributed by atoms with van der Waals surface area (Å²) in [6.07, 6.45) is 0. The lowest BCUT2D eigenvalue weighted by Crippen LogP contribution is -2.55. The fourth-order valence-corrected chi connectivity index (χ4v) is 2.47. The number of benzene rings is 1. The summed E-state index contributed by atoms with van der Waals surface area (Å²) in [5, 5.41) is 2.72. The van der Waals surface area contributed by atoms with Gasteiger partial charge in [0.15, 0.2) is 0 Å². The number of nitrogens with one attached hydrogen (secondary N) is 1. The summed E-state index contributed by atoms with van der Waals surface area (Å²) in [7, 11) is 0. The molecule has 3 N–H and O–H groups in total. The van der Waals surface area contributed by atoms with Crippen molar-refractivity contribution in [2.45, 2.75) is 13.0 Å². The van der Waals surface area contributed by atoms with Crippen molar-refractivity contribution < 1.29 is 9.59 Å². The second kappa shape index (κ2) is 4.97. The number of rotatable bonds is 1. The van der Waals surface area contributed by atoms with E-state index in [0.29, 0.717) is 24.3 Å². The van der Waals surface area contributed by atoms with E-state index in [1.165, 1.54) is 0 Å². The quantitative estimate of drug-likeness (QED) is 0.760. The van der Waals surface area contributed by atoms with E-state index in [2.05, 4.69) is 21.2 Å². The van der Waals surface area contributed by atoms with Crippen LogP contribution in [0.5, 0.6) is 0 Å². The third kappa shape index (κ3) is 2.48. The fourth-order valence-electron chi connectivity index (χ4n) is 1.96. The lowest BCUT2D eigenvalue weighted by molar-refractivity contribution is -0.127. The number of piperazine rings is 1. The number of carbonyl (C=O) groups is 2. The molecule has 0 radical (unpaired) electrons. The maximum atomic E-state index is 12.3. The van der Waals surface area contributed by atoms with E-state index in [4.69, 9.17) is 5.73 Å². The normalized spacial score (nSPS) is 19.6. The maximum absolute atomic E-state index is 12.3. The number of anilines is 1. The lowest BCUT2D eigenvalue weighted by Gasteiger charge is -2.32. The van der Waals surface area contributed by atoms with Gasteiger partial charge in [-0.25, -0.2) is 0 Å². The number of nitrogens with zero attached hydrogens (tertiary/aromatic N) is 1. The minimum absolute atomic E-state index is 0.127. The van der Waals surface area contributed by atoms with Gasteiger partial charge in [-0.05, 0) is 25.1 Å². The number of carbonyl (C=O) groups excluding carboxylic acids is 2. The van der Waals surface area contributed by atoms with Crippen molar-refractivity contribution >= 4 is 33.4 Å². The molecule has 1 heterocycles. The molecule has 2 amide bonds. The highest BCUT2D eigenvalue weighted by Crippen LogP contribution is 2.19. The second-order valence-corrected chi connectivity index (χ2v) is 5.15. The summed E-state index contributed by atoms with van der Waals surface area (Å²) < 4.78 is 0.750. The van der Waals surface area contributed by atoms with Gasteiger partial charge in [-0.1, -0.05) is 15.9 Å². The van der Waals surface area contributed by atoms with Crippen LogP contribution in [0, 0.1) is 0 Å². The molecular weight excluding hydrogens is 298 g/mol. The van der Waals surface area contributed by atoms with E-state index < -0.39 is 6.04 Å². The smallest absolute Gasteiger partial charge is 0.254 e. The first-order chi connectivity index (χ1) is 8.49. The Morgan fingerprint density at radius 1 is 1.50 bits per heavy atom. The van der Waals surface area contributed by atoms with Crippen molar-refractivity contribution in [3.63, 3.8) is 0 Å². The van der Waals surface area contributed by atoms with E-state index in [-0.39, 0.29) is 11.8 Å². The van der Waals surface area contributed by atoms with Gasteiger partial charge >= 0.3 is 0 Å². The molecule has 1 saturated heterocycles. The molecule has 0 bridgehead atoms. The Labute approximate surface area is 113 Å². The summed E-state index contributed by atoms with van der Waals surface area (Å²) in [5.41, 5.74) is 6.71. The molecule has 1 aliphatic heterocycles. The van der Waals surface area contributed by atoms with E-state index >= 15 is 0 Å². The SMILES string of the molecule is CC1C(=O)NCCN1C(=O)c1cc(N)cc(Br)c1. The number of nitrogen functional groups attached to an aromatic ring is 1. The van der Waals surface area contributed by atoms with Crippen LogP contribution in [0.25, 0.3) is 0 Å². The van der Waals surface area contributed by atoms with Crippen molar-refractivity contribution in [1.29, 1.82) is 0 Å². The minimum atomic E-state index is -0.452. The molecule has 0 saturated carbocycles. The van der Waals surface area contributed by atoms with Crippen LogP contribution in [-0.4, -0.2) is 35.8 Å². The first-order valence-corrected chi connectivity index (χ1v) is 6.43. The van der Waals surface area contributed by atoms with Crippen LogP contribution >= 0.6 is 15.9 Å². The zero-order valence-corrected chi connectivity index (χ0v) is 11.5. The Hall–Kier alpha value is -1.56. The monoisotopic (exact) mass is 311 g/mol. The molecule has 1 aliphatic rings. The first-order valence-electron chi connectivity index (χ1n) is 5.64. The molecule has 6 heteroatoms. The molecule has 0 spiro atoms. The van der Waals surface area contributed by atoms with E-state index in [1.54, 1.807) is 30.0 Å². The van der Waals surface area contributed by atoms with Gasteiger partial charge < -0.3 is 16.0 Å². The topological polar surface area (TPSA) is 75.4 Å². The van der Waals surface area contributed by atoms with Gasteiger partial charge in [-0.2, -0.15) is 0 Å². The largest absolute Gasteiger partial charge is 0.399 e. The molecule has 0 aliphatic carbocycles. The summed E-state index contributed by atoms with van der Waals surface area (Å²) in [6.45, 7) is 2.71. The lowest BCUT2D eigenvalue weighted by atomic mass is 10.1. The zero-order chi connectivity index (χ0) is 13.3. The Balaban J connectivity index is 2.27. The Morgan fingerprint density at radius 3 is 2.89 bits per heavy atom. The number of hydrogen-bond acceptors (Lipinski definition) is 3. The predicted octanol–water partition coefficient (Wildman–Crippen LogP) is 0.992. The number of amides is 2. The standard InChI is InChI=1S/C12H14BrN3O2/c1-7-11(17)15-2-3-16(7)12(18)8-4-9(13)6-10(14)5-8/h4-7H,2-3,14H2,1H3,(H,15,17). The summed E-state index contributed by atoms with van der Waals surface area (Å²) in [6, 6.07) is 4.60. The minimum Gasteiger partial charge on any atom is -0.399 e. The molecule has 5 nitrogen and oxygen atoms in total. The fraction of sp³-hybridized carbons (Fsp3) is 0.333. The van der Waals surface area contributed by atoms with Crippen LogP contribution in [0.3, 0.4) is 0 Å². The number of nitrogens with two attached hydrogens (primary N) is 1. The van der Waals surface area contributed by atoms with Crippen molar-refractivity contribution in [3.05, 3.63) is 28.2 Å². The van der Waals surface area contributed by atoms with Gasteiger partial charge in [0.05, 0.1) is 0 Å². The number of halogens is 1. The maximum Gasteiger partial charge on any atom is 0.254 e. The summed E-state index contributed by atoms with van der Waals surface area (Å²) in [4.78, 5) is 25.4. The Kier molecular flexibility index (Phi) is 3.56. The first kappa shape index (κ1) is 12.9. The molecule has 2 rings (SSSR count). The number of hydrogen-bond donors (Lipinski definition) is 2. The molecular formula is C12H14BrN3O2. The van der Waals surface area contributed by atoms with Gasteiger partial charge in [0, 0.05) is 28.8 Å². The van der Waals surface area contributed by atoms with Gasteiger partial charge in [0.25, 0.3) is 5.91 Å². The molecule has 1 aromatic rings. The molecule has 1 fully saturated rings. The van der Waals surface area contributed by atoms with E-state index in [1.807, 2.05) is 0 Å². The van der Waals surface area contributed by atoms with Crippen molar-refractivity contribution in [3.8, 4) is 0 Å². The molecule has 96 valence electrons. The van der Waals surface area contributed by atoms with Gasteiger partial charge in [-0.3, -0.25) is 9.59 Å². The van der Waals surface area contributed by atoms with Gasteiger partial charge in [-0.15, -0.1) is 0 Å². The Bertz CT molecular complexity index is 484. The van der Waals surface area contributed by atoms with E-state index in [0.717, 1.165) is 4.47 Å². The average Bonchev–Trinajstić information content (AvgIpc) is 2.30. The van der Waals surface area contributed by atoms with Crippen LogP contribution in [0.15, 0.2) is 22.7 Å². The van der Waals surface area contributed by atoms with Crippen LogP contribution < -0.4 is 11.1 Å². The highest BCUT2D eigenvalue weighted by atomic mass is 79.9. The van der Waals surface area contributed by atoms with Crippen LogP contribution in [-0.2, 0) is 4.79 Å². The van der Waals surface area contributed by atoms with Crippen molar-refractivity contribution in [1.82, 2.24) is 10.2 Å².